The predicted octanol–water partition coefficient (Wildman–Crippen LogP) is 3.07. The van der Waals surface area contributed by atoms with Crippen LogP contribution < -0.4 is 5.32 Å². The number of alkyl halides is 3. The molecule has 0 aliphatic rings. The number of carbonyl (C=O) groups excluding carboxylic acids is 1. The lowest BCUT2D eigenvalue weighted by molar-refractivity contribution is -0.143. The Hall–Kier alpha value is -1.72. The van der Waals surface area contributed by atoms with Crippen molar-refractivity contribution in [3.05, 3.63) is 29.8 Å². The molecule has 0 saturated carbocycles. The van der Waals surface area contributed by atoms with E-state index in [1.165, 1.54) is 12.1 Å². The van der Waals surface area contributed by atoms with Crippen LogP contribution in [0.1, 0.15) is 19.4 Å². The standard InChI is InChI=1S/C12H14F3NO2/c1-3-18-11(17)8(2)16-10-6-4-9(5-7-10)12(13,14)15/h4-8,16H,3H2,1-2H3. The summed E-state index contributed by atoms with van der Waals surface area (Å²) in [5, 5.41) is 2.76. The molecule has 0 aromatic heterocycles. The summed E-state index contributed by atoms with van der Waals surface area (Å²) in [4.78, 5) is 11.3. The van der Waals surface area contributed by atoms with E-state index in [-0.39, 0.29) is 6.61 Å². The molecule has 3 nitrogen and oxygen atoms in total. The number of hydrogen-bond donors (Lipinski definition) is 1. The zero-order valence-corrected chi connectivity index (χ0v) is 10.0. The van der Waals surface area contributed by atoms with Crippen LogP contribution in [0.5, 0.6) is 0 Å². The van der Waals surface area contributed by atoms with E-state index in [4.69, 9.17) is 4.74 Å². The van der Waals surface area contributed by atoms with Crippen LogP contribution in [0.3, 0.4) is 0 Å². The van der Waals surface area contributed by atoms with Crippen LogP contribution in [0.2, 0.25) is 0 Å². The summed E-state index contributed by atoms with van der Waals surface area (Å²) >= 11 is 0. The van der Waals surface area contributed by atoms with Crippen LogP contribution in [0.25, 0.3) is 0 Å². The van der Waals surface area contributed by atoms with E-state index in [0.29, 0.717) is 5.69 Å². The first-order valence-electron chi connectivity index (χ1n) is 5.45. The molecule has 0 radical (unpaired) electrons. The summed E-state index contributed by atoms with van der Waals surface area (Å²) in [6.45, 7) is 3.52. The van der Waals surface area contributed by atoms with Gasteiger partial charge in [0, 0.05) is 5.69 Å². The second-order valence-corrected chi connectivity index (χ2v) is 3.69. The van der Waals surface area contributed by atoms with Gasteiger partial charge >= 0.3 is 12.1 Å². The number of anilines is 1. The molecule has 0 aliphatic heterocycles. The van der Waals surface area contributed by atoms with Gasteiger partial charge in [-0.2, -0.15) is 13.2 Å². The molecule has 0 bridgehead atoms. The van der Waals surface area contributed by atoms with Crippen molar-refractivity contribution < 1.29 is 22.7 Å². The number of ether oxygens (including phenoxy) is 1. The fourth-order valence-corrected chi connectivity index (χ4v) is 1.33. The summed E-state index contributed by atoms with van der Waals surface area (Å²) < 4.78 is 41.7. The van der Waals surface area contributed by atoms with Crippen molar-refractivity contribution in [3.8, 4) is 0 Å². The highest BCUT2D eigenvalue weighted by Gasteiger charge is 2.30. The maximum Gasteiger partial charge on any atom is 0.416 e. The number of halogens is 3. The SMILES string of the molecule is CCOC(=O)C(C)Nc1ccc(C(F)(F)F)cc1. The van der Waals surface area contributed by atoms with Gasteiger partial charge in [-0.1, -0.05) is 0 Å². The van der Waals surface area contributed by atoms with Gasteiger partial charge in [0.1, 0.15) is 6.04 Å². The molecule has 0 saturated heterocycles. The molecule has 0 spiro atoms. The molecule has 0 fully saturated rings. The normalized spacial score (nSPS) is 12.9. The third kappa shape index (κ3) is 3.94. The van der Waals surface area contributed by atoms with E-state index in [1.807, 2.05) is 0 Å². The van der Waals surface area contributed by atoms with Crippen LogP contribution in [-0.4, -0.2) is 18.6 Å². The van der Waals surface area contributed by atoms with E-state index in [2.05, 4.69) is 5.32 Å². The van der Waals surface area contributed by atoms with Gasteiger partial charge < -0.3 is 10.1 Å². The first-order chi connectivity index (χ1) is 8.34. The largest absolute Gasteiger partial charge is 0.464 e. The highest BCUT2D eigenvalue weighted by atomic mass is 19.4. The third-order valence-corrected chi connectivity index (χ3v) is 2.24. The quantitative estimate of drug-likeness (QED) is 0.846. The number of nitrogens with one attached hydrogen (secondary N) is 1. The molecule has 1 N–H and O–H groups in total. The van der Waals surface area contributed by atoms with E-state index in [1.54, 1.807) is 13.8 Å². The van der Waals surface area contributed by atoms with Crippen molar-refractivity contribution >= 4 is 11.7 Å². The van der Waals surface area contributed by atoms with E-state index in [9.17, 15) is 18.0 Å². The highest BCUT2D eigenvalue weighted by molar-refractivity contribution is 5.78. The maximum absolute atomic E-state index is 12.3. The Bertz CT molecular complexity index is 401. The second kappa shape index (κ2) is 5.75. The predicted molar refractivity (Wildman–Crippen MR) is 61.2 cm³/mol. The van der Waals surface area contributed by atoms with Crippen molar-refractivity contribution in [2.24, 2.45) is 0 Å². The third-order valence-electron chi connectivity index (χ3n) is 2.24. The topological polar surface area (TPSA) is 38.3 Å². The van der Waals surface area contributed by atoms with Gasteiger partial charge in [-0.25, -0.2) is 4.79 Å². The number of benzene rings is 1. The molecule has 1 unspecified atom stereocenters. The Morgan fingerprint density at radius 3 is 2.33 bits per heavy atom. The number of esters is 1. The summed E-state index contributed by atoms with van der Waals surface area (Å²) in [6, 6.07) is 3.86. The zero-order chi connectivity index (χ0) is 13.8. The minimum absolute atomic E-state index is 0.262. The highest BCUT2D eigenvalue weighted by Crippen LogP contribution is 2.29. The minimum Gasteiger partial charge on any atom is -0.464 e. The van der Waals surface area contributed by atoms with Crippen molar-refractivity contribution in [1.29, 1.82) is 0 Å². The molecule has 100 valence electrons. The maximum atomic E-state index is 12.3. The fraction of sp³-hybridized carbons (Fsp3) is 0.417. The fourth-order valence-electron chi connectivity index (χ4n) is 1.33. The van der Waals surface area contributed by atoms with Crippen LogP contribution in [0.4, 0.5) is 18.9 Å². The van der Waals surface area contributed by atoms with Crippen molar-refractivity contribution in [2.45, 2.75) is 26.1 Å². The zero-order valence-electron chi connectivity index (χ0n) is 10.0. The molecule has 1 rings (SSSR count). The molecule has 1 atom stereocenters. The van der Waals surface area contributed by atoms with Crippen LogP contribution >= 0.6 is 0 Å². The first-order valence-corrected chi connectivity index (χ1v) is 5.45. The average Bonchev–Trinajstić information content (AvgIpc) is 2.28. The Morgan fingerprint density at radius 2 is 1.89 bits per heavy atom. The monoisotopic (exact) mass is 261 g/mol. The number of rotatable bonds is 4. The van der Waals surface area contributed by atoms with Gasteiger partial charge in [0.25, 0.3) is 0 Å². The van der Waals surface area contributed by atoms with Crippen molar-refractivity contribution in [3.63, 3.8) is 0 Å². The van der Waals surface area contributed by atoms with Crippen LogP contribution in [-0.2, 0) is 15.7 Å². The minimum atomic E-state index is -4.36. The molecule has 0 amide bonds. The van der Waals surface area contributed by atoms with Gasteiger partial charge in [-0.3, -0.25) is 0 Å². The Kier molecular flexibility index (Phi) is 4.58. The number of hydrogen-bond acceptors (Lipinski definition) is 3. The summed E-state index contributed by atoms with van der Waals surface area (Å²) in [5.41, 5.74) is -0.291. The van der Waals surface area contributed by atoms with Gasteiger partial charge in [0.15, 0.2) is 0 Å². The molecule has 18 heavy (non-hydrogen) atoms. The molecule has 6 heteroatoms. The lowest BCUT2D eigenvalue weighted by Crippen LogP contribution is -2.28. The molecule has 1 aromatic carbocycles. The van der Waals surface area contributed by atoms with E-state index < -0.39 is 23.8 Å². The van der Waals surface area contributed by atoms with Crippen LogP contribution in [0, 0.1) is 0 Å². The Morgan fingerprint density at radius 1 is 1.33 bits per heavy atom. The summed E-state index contributed by atoms with van der Waals surface area (Å²) in [6.07, 6.45) is -4.36. The first kappa shape index (κ1) is 14.3. The van der Waals surface area contributed by atoms with Gasteiger partial charge in [0.2, 0.25) is 0 Å². The van der Waals surface area contributed by atoms with Gasteiger partial charge in [-0.05, 0) is 38.1 Å². The Balaban J connectivity index is 2.67. The lowest BCUT2D eigenvalue weighted by Gasteiger charge is -2.14. The molecule has 0 aliphatic carbocycles. The van der Waals surface area contributed by atoms with E-state index in [0.717, 1.165) is 12.1 Å². The molecule has 0 heterocycles. The summed E-state index contributed by atoms with van der Waals surface area (Å²) in [5.74, 6) is -0.447. The second-order valence-electron chi connectivity index (χ2n) is 3.69. The molecular weight excluding hydrogens is 247 g/mol. The van der Waals surface area contributed by atoms with Gasteiger partial charge in [-0.15, -0.1) is 0 Å². The van der Waals surface area contributed by atoms with Gasteiger partial charge in [0.05, 0.1) is 12.2 Å². The number of carbonyl (C=O) groups is 1. The van der Waals surface area contributed by atoms with Crippen molar-refractivity contribution in [1.82, 2.24) is 0 Å². The average molecular weight is 261 g/mol. The smallest absolute Gasteiger partial charge is 0.416 e. The molecule has 1 aromatic rings. The van der Waals surface area contributed by atoms with Crippen LogP contribution in [0.15, 0.2) is 24.3 Å². The Labute approximate surface area is 103 Å². The van der Waals surface area contributed by atoms with Crippen molar-refractivity contribution in [2.75, 3.05) is 11.9 Å². The molecular formula is C12H14F3NO2. The lowest BCUT2D eigenvalue weighted by atomic mass is 10.2. The van der Waals surface area contributed by atoms with E-state index >= 15 is 0 Å². The summed E-state index contributed by atoms with van der Waals surface area (Å²) in [7, 11) is 0.